The Morgan fingerprint density at radius 1 is 0.943 bits per heavy atom. The van der Waals surface area contributed by atoms with Crippen LogP contribution in [-0.2, 0) is 22.8 Å². The smallest absolute Gasteiger partial charge is 0.327 e. The zero-order chi connectivity index (χ0) is 24.3. The van der Waals surface area contributed by atoms with E-state index in [9.17, 15) is 13.2 Å². The minimum atomic E-state index is -2.86. The van der Waals surface area contributed by atoms with E-state index in [4.69, 9.17) is 4.74 Å². The van der Waals surface area contributed by atoms with E-state index < -0.39 is 9.84 Å². The Hall–Kier alpha value is -3.43. The predicted octanol–water partition coefficient (Wildman–Crippen LogP) is 3.33. The molecular weight excluding hydrogens is 464 g/mol. The second kappa shape index (κ2) is 10.1. The van der Waals surface area contributed by atoms with Gasteiger partial charge in [-0.2, -0.15) is 0 Å². The summed E-state index contributed by atoms with van der Waals surface area (Å²) in [5.74, 6) is 1.61. The van der Waals surface area contributed by atoms with Crippen LogP contribution < -0.4 is 15.0 Å². The number of para-hydroxylation sites is 1. The number of anilines is 2. The van der Waals surface area contributed by atoms with E-state index in [2.05, 4.69) is 39.5 Å². The van der Waals surface area contributed by atoms with Crippen LogP contribution in [-0.4, -0.2) is 62.1 Å². The van der Waals surface area contributed by atoms with Crippen molar-refractivity contribution in [3.05, 3.63) is 83.6 Å². The second-order valence-electron chi connectivity index (χ2n) is 8.88. The first kappa shape index (κ1) is 23.3. The molecule has 3 heterocycles. The summed E-state index contributed by atoms with van der Waals surface area (Å²) in [6.07, 6.45) is 2.49. The number of rotatable bonds is 5. The number of ether oxygens (including phenoxy) is 1. The van der Waals surface area contributed by atoms with Crippen LogP contribution in [0.25, 0.3) is 0 Å². The van der Waals surface area contributed by atoms with Gasteiger partial charge in [-0.1, -0.05) is 42.5 Å². The SMILES string of the molecule is O=C(Nc1ccccc1)N1CCOc2cc(Cc3ccc(CN4CCS(=O)(=O)CC4)cc3)cnc21. The van der Waals surface area contributed by atoms with Crippen LogP contribution >= 0.6 is 0 Å². The first-order valence-electron chi connectivity index (χ1n) is 11.7. The lowest BCUT2D eigenvalue weighted by molar-refractivity contribution is 0.249. The minimum absolute atomic E-state index is 0.233. The number of hydrogen-bond donors (Lipinski definition) is 1. The summed E-state index contributed by atoms with van der Waals surface area (Å²) in [5, 5.41) is 2.90. The van der Waals surface area contributed by atoms with E-state index in [1.807, 2.05) is 36.4 Å². The fourth-order valence-electron chi connectivity index (χ4n) is 4.31. The second-order valence-corrected chi connectivity index (χ2v) is 11.2. The number of carbonyl (C=O) groups excluding carboxylic acids is 1. The Labute approximate surface area is 205 Å². The van der Waals surface area contributed by atoms with Gasteiger partial charge >= 0.3 is 6.03 Å². The summed E-state index contributed by atoms with van der Waals surface area (Å²) in [7, 11) is -2.86. The normalized spacial score (nSPS) is 17.3. The maximum Gasteiger partial charge on any atom is 0.327 e. The molecule has 1 N–H and O–H groups in total. The highest BCUT2D eigenvalue weighted by molar-refractivity contribution is 7.91. The number of aromatic nitrogens is 1. The van der Waals surface area contributed by atoms with Crippen molar-refractivity contribution < 1.29 is 17.9 Å². The summed E-state index contributed by atoms with van der Waals surface area (Å²) in [5.41, 5.74) is 4.05. The average Bonchev–Trinajstić information content (AvgIpc) is 2.86. The maximum absolute atomic E-state index is 12.8. The number of fused-ring (bicyclic) bond motifs is 1. The molecule has 0 unspecified atom stereocenters. The highest BCUT2D eigenvalue weighted by Gasteiger charge is 2.26. The standard InChI is InChI=1S/C26H28N4O4S/c31-26(28-23-4-2-1-3-5-23)30-10-13-34-24-17-22(18-27-25(24)30)16-20-6-8-21(9-7-20)19-29-11-14-35(32,33)15-12-29/h1-9,17-18H,10-16,19H2,(H,28,31). The molecular formula is C26H28N4O4S. The predicted molar refractivity (Wildman–Crippen MR) is 136 cm³/mol. The molecule has 2 aromatic carbocycles. The molecule has 5 rings (SSSR count). The number of sulfone groups is 1. The van der Waals surface area contributed by atoms with Gasteiger partial charge < -0.3 is 10.1 Å². The Bertz CT molecular complexity index is 1280. The van der Waals surface area contributed by atoms with Crippen LogP contribution in [0.5, 0.6) is 5.75 Å². The molecule has 0 spiro atoms. The molecule has 2 aliphatic rings. The molecule has 0 atom stereocenters. The van der Waals surface area contributed by atoms with Gasteiger partial charge in [0.1, 0.15) is 6.61 Å². The number of amides is 2. The van der Waals surface area contributed by atoms with E-state index in [0.29, 0.717) is 44.2 Å². The van der Waals surface area contributed by atoms with Gasteiger partial charge in [0.25, 0.3) is 0 Å². The van der Waals surface area contributed by atoms with Gasteiger partial charge in [0.15, 0.2) is 21.4 Å². The molecule has 2 amide bonds. The van der Waals surface area contributed by atoms with Gasteiger partial charge in [-0.3, -0.25) is 9.80 Å². The van der Waals surface area contributed by atoms with Crippen molar-refractivity contribution in [2.45, 2.75) is 13.0 Å². The zero-order valence-corrected chi connectivity index (χ0v) is 20.2. The molecule has 9 heteroatoms. The number of benzene rings is 2. The Kier molecular flexibility index (Phi) is 6.70. The van der Waals surface area contributed by atoms with Crippen molar-refractivity contribution in [2.24, 2.45) is 0 Å². The monoisotopic (exact) mass is 492 g/mol. The van der Waals surface area contributed by atoms with Crippen LogP contribution in [0.3, 0.4) is 0 Å². The number of pyridine rings is 1. The molecule has 1 fully saturated rings. The molecule has 0 radical (unpaired) electrons. The number of hydrogen-bond acceptors (Lipinski definition) is 6. The molecule has 3 aromatic rings. The van der Waals surface area contributed by atoms with Gasteiger partial charge in [-0.25, -0.2) is 18.2 Å². The fraction of sp³-hybridized carbons (Fsp3) is 0.308. The van der Waals surface area contributed by atoms with Crippen molar-refractivity contribution in [1.29, 1.82) is 0 Å². The van der Waals surface area contributed by atoms with E-state index in [1.165, 1.54) is 5.56 Å². The van der Waals surface area contributed by atoms with Crippen LogP contribution in [0.15, 0.2) is 66.9 Å². The lowest BCUT2D eigenvalue weighted by Crippen LogP contribution is -2.41. The fourth-order valence-corrected chi connectivity index (χ4v) is 5.59. The van der Waals surface area contributed by atoms with Gasteiger partial charge in [0.05, 0.1) is 18.1 Å². The third-order valence-corrected chi connectivity index (χ3v) is 7.87. The highest BCUT2D eigenvalue weighted by Crippen LogP contribution is 2.31. The summed E-state index contributed by atoms with van der Waals surface area (Å²) in [4.78, 5) is 21.1. The highest BCUT2D eigenvalue weighted by atomic mass is 32.2. The van der Waals surface area contributed by atoms with Crippen molar-refractivity contribution in [2.75, 3.05) is 48.0 Å². The minimum Gasteiger partial charge on any atom is -0.488 e. The van der Waals surface area contributed by atoms with Crippen molar-refractivity contribution in [1.82, 2.24) is 9.88 Å². The van der Waals surface area contributed by atoms with Crippen LogP contribution in [0, 0.1) is 0 Å². The molecule has 2 aliphatic heterocycles. The van der Waals surface area contributed by atoms with Crippen LogP contribution in [0.2, 0.25) is 0 Å². The summed E-state index contributed by atoms with van der Waals surface area (Å²) >= 11 is 0. The third-order valence-electron chi connectivity index (χ3n) is 6.26. The Morgan fingerprint density at radius 3 is 2.40 bits per heavy atom. The number of carbonyl (C=O) groups is 1. The molecule has 35 heavy (non-hydrogen) atoms. The summed E-state index contributed by atoms with van der Waals surface area (Å²) in [6, 6.07) is 19.4. The molecule has 8 nitrogen and oxygen atoms in total. The average molecular weight is 493 g/mol. The summed E-state index contributed by atoms with van der Waals surface area (Å²) in [6.45, 7) is 2.77. The Balaban J connectivity index is 1.22. The molecule has 182 valence electrons. The molecule has 1 aromatic heterocycles. The zero-order valence-electron chi connectivity index (χ0n) is 19.4. The largest absolute Gasteiger partial charge is 0.488 e. The lowest BCUT2D eigenvalue weighted by atomic mass is 10.0. The number of nitrogens with zero attached hydrogens (tertiary/aromatic N) is 3. The van der Waals surface area contributed by atoms with Crippen molar-refractivity contribution in [3.63, 3.8) is 0 Å². The van der Waals surface area contributed by atoms with Crippen LogP contribution in [0.4, 0.5) is 16.3 Å². The van der Waals surface area contributed by atoms with E-state index in [-0.39, 0.29) is 17.5 Å². The van der Waals surface area contributed by atoms with Gasteiger partial charge in [-0.05, 0) is 41.3 Å². The van der Waals surface area contributed by atoms with Crippen molar-refractivity contribution >= 4 is 27.4 Å². The van der Waals surface area contributed by atoms with E-state index in [0.717, 1.165) is 23.4 Å². The topological polar surface area (TPSA) is 91.8 Å². The van der Waals surface area contributed by atoms with E-state index >= 15 is 0 Å². The van der Waals surface area contributed by atoms with Crippen LogP contribution in [0.1, 0.15) is 16.7 Å². The molecule has 0 saturated carbocycles. The maximum atomic E-state index is 12.8. The first-order valence-corrected chi connectivity index (χ1v) is 13.5. The number of urea groups is 1. The van der Waals surface area contributed by atoms with Gasteiger partial charge in [0.2, 0.25) is 0 Å². The Morgan fingerprint density at radius 2 is 1.66 bits per heavy atom. The lowest BCUT2D eigenvalue weighted by Gasteiger charge is -2.28. The molecule has 0 bridgehead atoms. The third kappa shape index (κ3) is 5.80. The number of nitrogens with one attached hydrogen (secondary N) is 1. The molecule has 1 saturated heterocycles. The van der Waals surface area contributed by atoms with E-state index in [1.54, 1.807) is 11.1 Å². The first-order chi connectivity index (χ1) is 16.9. The summed E-state index contributed by atoms with van der Waals surface area (Å²) < 4.78 is 29.1. The molecule has 0 aliphatic carbocycles. The van der Waals surface area contributed by atoms with Gasteiger partial charge in [0, 0.05) is 31.5 Å². The van der Waals surface area contributed by atoms with Crippen molar-refractivity contribution in [3.8, 4) is 5.75 Å². The van der Waals surface area contributed by atoms with Gasteiger partial charge in [-0.15, -0.1) is 0 Å². The quantitative estimate of drug-likeness (QED) is 0.588.